The van der Waals surface area contributed by atoms with Crippen LogP contribution >= 0.6 is 11.3 Å². The molecule has 6 nitrogen and oxygen atoms in total. The van der Waals surface area contributed by atoms with E-state index in [0.717, 1.165) is 28.9 Å². The van der Waals surface area contributed by atoms with Crippen LogP contribution in [0.15, 0.2) is 23.6 Å². The number of benzene rings is 1. The number of rotatable bonds is 5. The van der Waals surface area contributed by atoms with Gasteiger partial charge >= 0.3 is 0 Å². The molecule has 1 aliphatic heterocycles. The topological polar surface area (TPSA) is 79.4 Å². The van der Waals surface area contributed by atoms with Crippen molar-refractivity contribution in [1.82, 2.24) is 4.98 Å². The van der Waals surface area contributed by atoms with Crippen LogP contribution in [0.4, 0.5) is 10.8 Å². The molecule has 134 valence electrons. The van der Waals surface area contributed by atoms with Crippen molar-refractivity contribution in [2.45, 2.75) is 39.2 Å². The molecule has 1 aromatic heterocycles. The Hall–Kier alpha value is -1.93. The Bertz CT molecular complexity index is 906. The molecule has 8 heteroatoms. The second-order valence-electron chi connectivity index (χ2n) is 6.29. The van der Waals surface area contributed by atoms with Gasteiger partial charge in [-0.05, 0) is 37.5 Å². The summed E-state index contributed by atoms with van der Waals surface area (Å²) in [4.78, 5) is 16.1. The number of fused-ring (bicyclic) bond motifs is 1. The molecule has 25 heavy (non-hydrogen) atoms. The second-order valence-corrected chi connectivity index (χ2v) is 9.01. The van der Waals surface area contributed by atoms with Gasteiger partial charge in [-0.15, -0.1) is 11.3 Å². The molecule has 1 N–H and O–H groups in total. The molecule has 0 saturated carbocycles. The van der Waals surface area contributed by atoms with Crippen LogP contribution in [-0.4, -0.2) is 31.6 Å². The van der Waals surface area contributed by atoms with E-state index in [2.05, 4.69) is 10.3 Å². The van der Waals surface area contributed by atoms with E-state index < -0.39 is 10.0 Å². The standard InChI is InChI=1S/C17H21N3O3S2/c1-4-5-16(21)19-17-18-14(10-24-17)12-6-7-15-13(9-12)8-11(2)20(15)25(3,22)23/h6-7,9-11H,4-5,8H2,1-3H3,(H,18,19,21)/t11-/m0/s1. The van der Waals surface area contributed by atoms with E-state index >= 15 is 0 Å². The van der Waals surface area contributed by atoms with E-state index in [1.165, 1.54) is 21.9 Å². The zero-order valence-corrected chi connectivity index (χ0v) is 16.1. The van der Waals surface area contributed by atoms with Gasteiger partial charge in [0, 0.05) is 23.4 Å². The number of nitrogens with zero attached hydrogens (tertiary/aromatic N) is 2. The molecular formula is C17H21N3O3S2. The molecule has 0 radical (unpaired) electrons. The number of sulfonamides is 1. The highest BCUT2D eigenvalue weighted by Crippen LogP contribution is 2.37. The first-order valence-electron chi connectivity index (χ1n) is 8.17. The van der Waals surface area contributed by atoms with Gasteiger partial charge in [-0.25, -0.2) is 13.4 Å². The van der Waals surface area contributed by atoms with Gasteiger partial charge in [0.05, 0.1) is 17.6 Å². The van der Waals surface area contributed by atoms with E-state index in [0.29, 0.717) is 18.0 Å². The molecule has 0 aliphatic carbocycles. The average molecular weight is 380 g/mol. The minimum Gasteiger partial charge on any atom is -0.302 e. The van der Waals surface area contributed by atoms with E-state index in [9.17, 15) is 13.2 Å². The van der Waals surface area contributed by atoms with Crippen LogP contribution in [-0.2, 0) is 21.2 Å². The molecule has 0 spiro atoms. The van der Waals surface area contributed by atoms with Crippen molar-refractivity contribution in [1.29, 1.82) is 0 Å². The second kappa shape index (κ2) is 6.76. The molecule has 3 rings (SSSR count). The molecule has 1 atom stereocenters. The number of hydrogen-bond donors (Lipinski definition) is 1. The predicted octanol–water partition coefficient (Wildman–Crippen LogP) is 3.26. The number of hydrogen-bond acceptors (Lipinski definition) is 5. The Morgan fingerprint density at radius 1 is 1.44 bits per heavy atom. The summed E-state index contributed by atoms with van der Waals surface area (Å²) in [6.07, 6.45) is 3.19. The molecule has 2 heterocycles. The van der Waals surface area contributed by atoms with Gasteiger partial charge in [-0.3, -0.25) is 9.10 Å². The smallest absolute Gasteiger partial charge is 0.232 e. The van der Waals surface area contributed by atoms with Gasteiger partial charge < -0.3 is 5.32 Å². The molecule has 1 aromatic carbocycles. The maximum atomic E-state index is 12.0. The number of amides is 1. The normalized spacial score (nSPS) is 16.8. The first-order valence-corrected chi connectivity index (χ1v) is 10.9. The minimum atomic E-state index is -3.29. The lowest BCUT2D eigenvalue weighted by atomic mass is 10.1. The summed E-state index contributed by atoms with van der Waals surface area (Å²) in [6, 6.07) is 5.62. The SMILES string of the molecule is CCCC(=O)Nc1nc(-c2ccc3c(c2)C[C@H](C)N3S(C)(=O)=O)cs1. The highest BCUT2D eigenvalue weighted by Gasteiger charge is 2.32. The summed E-state index contributed by atoms with van der Waals surface area (Å²) in [5.41, 5.74) is 3.45. The monoisotopic (exact) mass is 379 g/mol. The zero-order chi connectivity index (χ0) is 18.2. The molecule has 0 unspecified atom stereocenters. The Morgan fingerprint density at radius 2 is 2.20 bits per heavy atom. The summed E-state index contributed by atoms with van der Waals surface area (Å²) in [5.74, 6) is -0.0324. The first-order chi connectivity index (χ1) is 11.8. The number of nitrogens with one attached hydrogen (secondary N) is 1. The van der Waals surface area contributed by atoms with Crippen LogP contribution < -0.4 is 9.62 Å². The van der Waals surface area contributed by atoms with Crippen molar-refractivity contribution in [2.24, 2.45) is 0 Å². The van der Waals surface area contributed by atoms with Crippen LogP contribution in [0.25, 0.3) is 11.3 Å². The van der Waals surface area contributed by atoms with Crippen molar-refractivity contribution in [3.63, 3.8) is 0 Å². The zero-order valence-electron chi connectivity index (χ0n) is 14.4. The third kappa shape index (κ3) is 3.69. The summed E-state index contributed by atoms with van der Waals surface area (Å²) in [7, 11) is -3.29. The Balaban J connectivity index is 1.86. The Labute approximate surface area is 151 Å². The summed E-state index contributed by atoms with van der Waals surface area (Å²) in [6.45, 7) is 3.86. The number of thiazole rings is 1. The van der Waals surface area contributed by atoms with Crippen molar-refractivity contribution in [3.05, 3.63) is 29.1 Å². The summed E-state index contributed by atoms with van der Waals surface area (Å²) < 4.78 is 25.5. The van der Waals surface area contributed by atoms with Crippen molar-refractivity contribution in [2.75, 3.05) is 15.9 Å². The molecule has 0 fully saturated rings. The van der Waals surface area contributed by atoms with Gasteiger partial charge in [0.2, 0.25) is 15.9 Å². The van der Waals surface area contributed by atoms with Crippen LogP contribution in [0.3, 0.4) is 0 Å². The molecule has 0 bridgehead atoms. The van der Waals surface area contributed by atoms with Gasteiger partial charge in [0.15, 0.2) is 5.13 Å². The van der Waals surface area contributed by atoms with Crippen LogP contribution in [0, 0.1) is 0 Å². The highest BCUT2D eigenvalue weighted by molar-refractivity contribution is 7.92. The molecular weight excluding hydrogens is 358 g/mol. The fourth-order valence-electron chi connectivity index (χ4n) is 3.14. The van der Waals surface area contributed by atoms with Gasteiger partial charge in [-0.2, -0.15) is 0 Å². The van der Waals surface area contributed by atoms with Gasteiger partial charge in [0.25, 0.3) is 0 Å². The number of anilines is 2. The minimum absolute atomic E-state index is 0.0324. The van der Waals surface area contributed by atoms with E-state index in [-0.39, 0.29) is 11.9 Å². The van der Waals surface area contributed by atoms with E-state index in [1.54, 1.807) is 0 Å². The van der Waals surface area contributed by atoms with Crippen LogP contribution in [0.2, 0.25) is 0 Å². The van der Waals surface area contributed by atoms with Crippen LogP contribution in [0.1, 0.15) is 32.3 Å². The average Bonchev–Trinajstić information content (AvgIpc) is 3.09. The van der Waals surface area contributed by atoms with E-state index in [4.69, 9.17) is 0 Å². The fraction of sp³-hybridized carbons (Fsp3) is 0.412. The fourth-order valence-corrected chi connectivity index (χ4v) is 5.14. The lowest BCUT2D eigenvalue weighted by Gasteiger charge is -2.21. The largest absolute Gasteiger partial charge is 0.302 e. The van der Waals surface area contributed by atoms with Crippen LogP contribution in [0.5, 0.6) is 0 Å². The molecule has 1 aliphatic rings. The molecule has 1 amide bonds. The lowest BCUT2D eigenvalue weighted by molar-refractivity contribution is -0.116. The molecule has 2 aromatic rings. The molecule has 0 saturated heterocycles. The summed E-state index contributed by atoms with van der Waals surface area (Å²) >= 11 is 1.39. The Morgan fingerprint density at radius 3 is 2.88 bits per heavy atom. The lowest BCUT2D eigenvalue weighted by Crippen LogP contribution is -2.34. The third-order valence-electron chi connectivity index (χ3n) is 4.11. The maximum Gasteiger partial charge on any atom is 0.232 e. The van der Waals surface area contributed by atoms with Gasteiger partial charge in [0.1, 0.15) is 0 Å². The maximum absolute atomic E-state index is 12.0. The number of aromatic nitrogens is 1. The number of carbonyl (C=O) groups is 1. The highest BCUT2D eigenvalue weighted by atomic mass is 32.2. The number of carbonyl (C=O) groups excluding carboxylic acids is 1. The summed E-state index contributed by atoms with van der Waals surface area (Å²) in [5, 5.41) is 5.28. The predicted molar refractivity (Wildman–Crippen MR) is 102 cm³/mol. The quantitative estimate of drug-likeness (QED) is 0.865. The first kappa shape index (κ1) is 17.9. The Kier molecular flexibility index (Phi) is 4.83. The van der Waals surface area contributed by atoms with Crippen molar-refractivity contribution >= 4 is 38.1 Å². The van der Waals surface area contributed by atoms with E-state index in [1.807, 2.05) is 37.4 Å². The van der Waals surface area contributed by atoms with Crippen molar-refractivity contribution in [3.8, 4) is 11.3 Å². The van der Waals surface area contributed by atoms with Gasteiger partial charge in [-0.1, -0.05) is 13.0 Å². The third-order valence-corrected chi connectivity index (χ3v) is 6.14. The van der Waals surface area contributed by atoms with Crippen molar-refractivity contribution < 1.29 is 13.2 Å².